The average molecular weight is 601 g/mol. The van der Waals surface area contributed by atoms with Crippen LogP contribution in [-0.2, 0) is 12.4 Å². The summed E-state index contributed by atoms with van der Waals surface area (Å²) < 4.78 is 86.2. The Kier molecular flexibility index (Phi) is 7.21. The molecule has 4 aromatic carbocycles. The summed E-state index contributed by atoms with van der Waals surface area (Å²) in [7, 11) is 0. The van der Waals surface area contributed by atoms with Crippen molar-refractivity contribution in [1.82, 2.24) is 4.57 Å². The fourth-order valence-electron chi connectivity index (χ4n) is 4.39. The number of ether oxygens (including phenoxy) is 1. The molecule has 0 spiro atoms. The first-order chi connectivity index (χ1) is 20.2. The average Bonchev–Trinajstić information content (AvgIpc) is 3.21. The molecule has 1 aromatic heterocycles. The van der Waals surface area contributed by atoms with Gasteiger partial charge in [-0.25, -0.2) is 4.79 Å². The number of fused-ring (bicyclic) bond motifs is 1. The van der Waals surface area contributed by atoms with Gasteiger partial charge in [-0.05, 0) is 60.2 Å². The molecule has 0 saturated carbocycles. The first kappa shape index (κ1) is 29.0. The number of nitrogens with zero attached hydrogens (tertiary/aromatic N) is 3. The Morgan fingerprint density at radius 1 is 0.767 bits per heavy atom. The van der Waals surface area contributed by atoms with E-state index >= 15 is 0 Å². The molecule has 0 radical (unpaired) electrons. The number of alkyl halides is 6. The molecular weight excluding hydrogens is 584 g/mol. The highest BCUT2D eigenvalue weighted by molar-refractivity contribution is 5.97. The minimum absolute atomic E-state index is 0.0259. The van der Waals surface area contributed by atoms with Crippen LogP contribution >= 0.6 is 0 Å². The molecule has 8 nitrogen and oxygen atoms in total. The number of phenolic OH excluding ortho intramolecular Hbond substituents is 1. The van der Waals surface area contributed by atoms with Crippen LogP contribution in [0.25, 0.3) is 27.7 Å². The normalized spacial score (nSPS) is 12.2. The van der Waals surface area contributed by atoms with Gasteiger partial charge < -0.3 is 20.1 Å². The lowest BCUT2D eigenvalue weighted by atomic mass is 10.0. The molecule has 0 aliphatic heterocycles. The van der Waals surface area contributed by atoms with E-state index in [-0.39, 0.29) is 39.3 Å². The number of carbonyl (C=O) groups is 1. The summed E-state index contributed by atoms with van der Waals surface area (Å²) in [5.74, 6) is -1.24. The van der Waals surface area contributed by atoms with Crippen molar-refractivity contribution in [2.24, 2.45) is 10.2 Å². The molecular formula is C29H17F6N3O5. The van der Waals surface area contributed by atoms with Gasteiger partial charge in [-0.15, -0.1) is 10.2 Å². The Morgan fingerprint density at radius 3 is 2.14 bits per heavy atom. The van der Waals surface area contributed by atoms with Gasteiger partial charge in [0, 0.05) is 16.6 Å². The second kappa shape index (κ2) is 10.7. The fourth-order valence-corrected chi connectivity index (χ4v) is 4.39. The predicted octanol–water partition coefficient (Wildman–Crippen LogP) is 9.22. The molecule has 0 aliphatic rings. The van der Waals surface area contributed by atoms with Crippen molar-refractivity contribution in [1.29, 1.82) is 0 Å². The molecule has 3 N–H and O–H groups in total. The number of hydrogen-bond donors (Lipinski definition) is 3. The van der Waals surface area contributed by atoms with Crippen LogP contribution in [0.3, 0.4) is 0 Å². The third-order valence-electron chi connectivity index (χ3n) is 6.30. The molecule has 14 heteroatoms. The molecule has 0 amide bonds. The molecule has 0 bridgehead atoms. The molecule has 1 heterocycles. The Labute approximate surface area is 237 Å². The lowest BCUT2D eigenvalue weighted by Gasteiger charge is -2.12. The van der Waals surface area contributed by atoms with Crippen LogP contribution in [0.2, 0.25) is 0 Å². The molecule has 43 heavy (non-hydrogen) atoms. The summed E-state index contributed by atoms with van der Waals surface area (Å²) >= 11 is 0. The van der Waals surface area contributed by atoms with E-state index in [1.807, 2.05) is 0 Å². The quantitative estimate of drug-likeness (QED) is 0.0804. The van der Waals surface area contributed by atoms with Crippen LogP contribution in [0.15, 0.2) is 95.2 Å². The van der Waals surface area contributed by atoms with Crippen molar-refractivity contribution in [3.63, 3.8) is 0 Å². The van der Waals surface area contributed by atoms with Crippen molar-refractivity contribution in [2.75, 3.05) is 0 Å². The number of phenols is 1. The van der Waals surface area contributed by atoms with E-state index in [9.17, 15) is 41.4 Å². The van der Waals surface area contributed by atoms with Crippen LogP contribution in [0, 0.1) is 0 Å². The standard InChI is InChI=1S/C29H17F6N3O5/c30-28(31,32)16-5-2-6-18(13-16)38-23-14-17(29(33,34)35)10-11-21(23)24(26(38)40)37-36-22-9-3-8-20(25(22)39)15-4-1-7-19(12-15)43-27(41)42/h1-14,39-40H,(H,41,42). The fraction of sp³-hybridized carbons (Fsp3) is 0.0690. The highest BCUT2D eigenvalue weighted by Crippen LogP contribution is 2.45. The molecule has 220 valence electrons. The lowest BCUT2D eigenvalue weighted by Crippen LogP contribution is -2.07. The van der Waals surface area contributed by atoms with Crippen LogP contribution in [-0.4, -0.2) is 26.0 Å². The summed E-state index contributed by atoms with van der Waals surface area (Å²) in [5, 5.41) is 38.6. The number of hydrogen-bond acceptors (Lipinski definition) is 6. The molecule has 5 rings (SSSR count). The maximum Gasteiger partial charge on any atom is 0.511 e. The number of aromatic hydroxyl groups is 2. The van der Waals surface area contributed by atoms with E-state index in [1.165, 1.54) is 42.5 Å². The van der Waals surface area contributed by atoms with Crippen molar-refractivity contribution >= 4 is 28.4 Å². The Bertz CT molecular complexity index is 1900. The molecule has 0 atom stereocenters. The summed E-state index contributed by atoms with van der Waals surface area (Å²) in [6.45, 7) is 0. The van der Waals surface area contributed by atoms with E-state index in [1.54, 1.807) is 6.07 Å². The second-order valence-corrected chi connectivity index (χ2v) is 9.05. The van der Waals surface area contributed by atoms with E-state index < -0.39 is 41.3 Å². The number of aromatic nitrogens is 1. The molecule has 0 unspecified atom stereocenters. The third kappa shape index (κ3) is 5.80. The molecule has 0 fully saturated rings. The topological polar surface area (TPSA) is 117 Å². The van der Waals surface area contributed by atoms with E-state index in [0.29, 0.717) is 17.7 Å². The highest BCUT2D eigenvalue weighted by Gasteiger charge is 2.33. The minimum atomic E-state index is -4.80. The summed E-state index contributed by atoms with van der Waals surface area (Å²) in [6.07, 6.45) is -11.1. The highest BCUT2D eigenvalue weighted by atomic mass is 19.4. The number of halogens is 6. The van der Waals surface area contributed by atoms with Gasteiger partial charge in [0.15, 0.2) is 11.4 Å². The van der Waals surface area contributed by atoms with Crippen molar-refractivity contribution < 1.29 is 51.2 Å². The predicted molar refractivity (Wildman–Crippen MR) is 141 cm³/mol. The number of carboxylic acid groups (broad SMARTS) is 1. The van der Waals surface area contributed by atoms with E-state index in [4.69, 9.17) is 5.11 Å². The SMILES string of the molecule is O=C(O)Oc1cccc(-c2cccc(N=Nc3c(O)n(-c4cccc(C(F)(F)F)c4)c4cc(C(F)(F)F)ccc34)c2O)c1. The van der Waals surface area contributed by atoms with Gasteiger partial charge in [0.05, 0.1) is 16.6 Å². The lowest BCUT2D eigenvalue weighted by molar-refractivity contribution is -0.138. The summed E-state index contributed by atoms with van der Waals surface area (Å²) in [6, 6.07) is 16.1. The Hall–Kier alpha value is -5.53. The zero-order chi connectivity index (χ0) is 31.1. The smallest absolute Gasteiger partial charge is 0.505 e. The first-order valence-electron chi connectivity index (χ1n) is 12.1. The maximum atomic E-state index is 13.5. The van der Waals surface area contributed by atoms with Gasteiger partial charge in [0.2, 0.25) is 5.88 Å². The number of benzene rings is 4. The van der Waals surface area contributed by atoms with Gasteiger partial charge in [-0.3, -0.25) is 4.57 Å². The third-order valence-corrected chi connectivity index (χ3v) is 6.30. The van der Waals surface area contributed by atoms with Crippen LogP contribution in [0.4, 0.5) is 42.5 Å². The summed E-state index contributed by atoms with van der Waals surface area (Å²) in [5.41, 5.74) is -2.78. The Morgan fingerprint density at radius 2 is 1.44 bits per heavy atom. The summed E-state index contributed by atoms with van der Waals surface area (Å²) in [4.78, 5) is 10.9. The molecule has 0 aliphatic carbocycles. The van der Waals surface area contributed by atoms with Gasteiger partial charge >= 0.3 is 18.5 Å². The molecule has 0 saturated heterocycles. The van der Waals surface area contributed by atoms with Crippen molar-refractivity contribution in [3.05, 3.63) is 96.1 Å². The zero-order valence-corrected chi connectivity index (χ0v) is 21.4. The van der Waals surface area contributed by atoms with Gasteiger partial charge in [-0.2, -0.15) is 26.3 Å². The molecule has 5 aromatic rings. The van der Waals surface area contributed by atoms with E-state index in [2.05, 4.69) is 15.0 Å². The first-order valence-corrected chi connectivity index (χ1v) is 12.1. The number of para-hydroxylation sites is 1. The van der Waals surface area contributed by atoms with Crippen molar-refractivity contribution in [3.8, 4) is 34.2 Å². The second-order valence-electron chi connectivity index (χ2n) is 9.05. The largest absolute Gasteiger partial charge is 0.511 e. The maximum absolute atomic E-state index is 13.5. The monoisotopic (exact) mass is 601 g/mol. The Balaban J connectivity index is 1.64. The van der Waals surface area contributed by atoms with Gasteiger partial charge in [-0.1, -0.05) is 30.3 Å². The number of rotatable bonds is 5. The van der Waals surface area contributed by atoms with Crippen LogP contribution in [0.5, 0.6) is 17.4 Å². The van der Waals surface area contributed by atoms with Crippen LogP contribution in [0.1, 0.15) is 11.1 Å². The zero-order valence-electron chi connectivity index (χ0n) is 21.4. The number of azo groups is 1. The van der Waals surface area contributed by atoms with E-state index in [0.717, 1.165) is 28.8 Å². The van der Waals surface area contributed by atoms with Gasteiger partial charge in [0.1, 0.15) is 11.4 Å². The van der Waals surface area contributed by atoms with Crippen molar-refractivity contribution in [2.45, 2.75) is 12.4 Å². The van der Waals surface area contributed by atoms with Crippen LogP contribution < -0.4 is 4.74 Å². The minimum Gasteiger partial charge on any atom is -0.505 e. The van der Waals surface area contributed by atoms with Gasteiger partial charge in [0.25, 0.3) is 0 Å².